The molecule has 0 amide bonds. The van der Waals surface area contributed by atoms with Crippen LogP contribution in [0.15, 0.2) is 64.9 Å². The van der Waals surface area contributed by atoms with E-state index in [1.165, 1.54) is 41.0 Å². The third kappa shape index (κ3) is 4.84. The van der Waals surface area contributed by atoms with Gasteiger partial charge < -0.3 is 20.3 Å². The molecule has 30 heavy (non-hydrogen) atoms. The van der Waals surface area contributed by atoms with Gasteiger partial charge in [-0.3, -0.25) is 0 Å². The SMILES string of the molecule is Cc1cc(C)nc(NSc2ccc(Nc3nc(-c4ccc(O)c(O)c4)cs3)cc2)c1. The number of thiazole rings is 1. The van der Waals surface area contributed by atoms with E-state index in [2.05, 4.69) is 26.9 Å². The molecule has 2 aromatic heterocycles. The molecule has 2 aromatic carbocycles. The third-order valence-electron chi connectivity index (χ3n) is 4.25. The molecule has 0 aliphatic carbocycles. The smallest absolute Gasteiger partial charge is 0.187 e. The van der Waals surface area contributed by atoms with Gasteiger partial charge in [-0.1, -0.05) is 0 Å². The quantitative estimate of drug-likeness (QED) is 0.215. The number of aromatic hydroxyl groups is 2. The summed E-state index contributed by atoms with van der Waals surface area (Å²) in [6, 6.07) is 16.8. The Morgan fingerprint density at radius 3 is 2.43 bits per heavy atom. The second-order valence-electron chi connectivity index (χ2n) is 6.77. The van der Waals surface area contributed by atoms with Gasteiger partial charge in [0.2, 0.25) is 0 Å². The van der Waals surface area contributed by atoms with Crippen LogP contribution in [0.25, 0.3) is 11.3 Å². The van der Waals surface area contributed by atoms with Crippen LogP contribution in [0.3, 0.4) is 0 Å². The number of aromatic nitrogens is 2. The number of nitrogens with one attached hydrogen (secondary N) is 2. The highest BCUT2D eigenvalue weighted by atomic mass is 32.2. The number of hydrogen-bond donors (Lipinski definition) is 4. The van der Waals surface area contributed by atoms with Crippen molar-refractivity contribution in [3.8, 4) is 22.8 Å². The molecule has 0 fully saturated rings. The summed E-state index contributed by atoms with van der Waals surface area (Å²) in [7, 11) is 0. The molecule has 0 radical (unpaired) electrons. The molecule has 4 aromatic rings. The van der Waals surface area contributed by atoms with Crippen LogP contribution in [0, 0.1) is 13.8 Å². The Bertz CT molecular complexity index is 1160. The average Bonchev–Trinajstić information content (AvgIpc) is 3.17. The first-order valence-corrected chi connectivity index (χ1v) is 10.9. The largest absolute Gasteiger partial charge is 0.504 e. The van der Waals surface area contributed by atoms with Crippen molar-refractivity contribution >= 4 is 39.9 Å². The van der Waals surface area contributed by atoms with E-state index in [9.17, 15) is 10.2 Å². The summed E-state index contributed by atoms with van der Waals surface area (Å²) in [4.78, 5) is 10.1. The topological polar surface area (TPSA) is 90.3 Å². The van der Waals surface area contributed by atoms with Crippen LogP contribution >= 0.6 is 23.3 Å². The van der Waals surface area contributed by atoms with Crippen molar-refractivity contribution in [2.45, 2.75) is 18.7 Å². The average molecular weight is 437 g/mol. The lowest BCUT2D eigenvalue weighted by molar-refractivity contribution is 0.404. The van der Waals surface area contributed by atoms with Crippen LogP contribution in [0.5, 0.6) is 11.5 Å². The van der Waals surface area contributed by atoms with Gasteiger partial charge in [0.1, 0.15) is 5.82 Å². The summed E-state index contributed by atoms with van der Waals surface area (Å²) < 4.78 is 3.28. The van der Waals surface area contributed by atoms with E-state index in [0.717, 1.165) is 38.5 Å². The predicted octanol–water partition coefficient (Wildman–Crippen LogP) is 6.10. The highest BCUT2D eigenvalue weighted by Crippen LogP contribution is 2.33. The number of aryl methyl sites for hydroxylation is 2. The molecular formula is C22H20N4O2S2. The summed E-state index contributed by atoms with van der Waals surface area (Å²) in [6.45, 7) is 4.04. The fraction of sp³-hybridized carbons (Fsp3) is 0.0909. The van der Waals surface area contributed by atoms with Crippen molar-refractivity contribution in [1.29, 1.82) is 0 Å². The van der Waals surface area contributed by atoms with Gasteiger partial charge in [-0.2, -0.15) is 0 Å². The molecule has 8 heteroatoms. The van der Waals surface area contributed by atoms with Gasteiger partial charge in [0.05, 0.1) is 5.69 Å². The fourth-order valence-corrected chi connectivity index (χ4v) is 4.22. The number of pyridine rings is 1. The number of phenolic OH excluding ortho intramolecular Hbond substituents is 2. The second kappa shape index (κ2) is 8.64. The van der Waals surface area contributed by atoms with Crippen LogP contribution < -0.4 is 10.0 Å². The van der Waals surface area contributed by atoms with Gasteiger partial charge in [0.15, 0.2) is 16.6 Å². The van der Waals surface area contributed by atoms with Gasteiger partial charge in [-0.05, 0) is 86.0 Å². The van der Waals surface area contributed by atoms with Gasteiger partial charge >= 0.3 is 0 Å². The van der Waals surface area contributed by atoms with Crippen LogP contribution in [0.2, 0.25) is 0 Å². The maximum absolute atomic E-state index is 9.67. The van der Waals surface area contributed by atoms with Crippen molar-refractivity contribution in [1.82, 2.24) is 9.97 Å². The van der Waals surface area contributed by atoms with Crippen molar-refractivity contribution < 1.29 is 10.2 Å². The molecule has 0 saturated heterocycles. The van der Waals surface area contributed by atoms with E-state index in [1.54, 1.807) is 6.07 Å². The first-order chi connectivity index (χ1) is 14.5. The monoisotopic (exact) mass is 436 g/mol. The van der Waals surface area contributed by atoms with Crippen molar-refractivity contribution in [3.05, 3.63) is 71.2 Å². The Balaban J connectivity index is 1.39. The number of phenols is 2. The molecule has 4 N–H and O–H groups in total. The lowest BCUT2D eigenvalue weighted by Gasteiger charge is -2.08. The molecule has 0 atom stereocenters. The normalized spacial score (nSPS) is 10.7. The number of rotatable bonds is 6. The molecular weight excluding hydrogens is 416 g/mol. The van der Waals surface area contributed by atoms with E-state index in [1.807, 2.05) is 48.7 Å². The Kier molecular flexibility index (Phi) is 5.78. The molecule has 0 aliphatic rings. The third-order valence-corrected chi connectivity index (χ3v) is 5.83. The van der Waals surface area contributed by atoms with Crippen LogP contribution in [-0.2, 0) is 0 Å². The van der Waals surface area contributed by atoms with Crippen molar-refractivity contribution in [3.63, 3.8) is 0 Å². The molecule has 0 aliphatic heterocycles. The lowest BCUT2D eigenvalue weighted by atomic mass is 10.1. The minimum absolute atomic E-state index is 0.145. The molecule has 6 nitrogen and oxygen atoms in total. The Labute approximate surface area is 182 Å². The molecule has 2 heterocycles. The maximum Gasteiger partial charge on any atom is 0.187 e. The predicted molar refractivity (Wildman–Crippen MR) is 124 cm³/mol. The van der Waals surface area contributed by atoms with Crippen molar-refractivity contribution in [2.75, 3.05) is 10.0 Å². The summed E-state index contributed by atoms with van der Waals surface area (Å²) in [5, 5.41) is 25.1. The minimum Gasteiger partial charge on any atom is -0.504 e. The second-order valence-corrected chi connectivity index (χ2v) is 8.50. The summed E-state index contributed by atoms with van der Waals surface area (Å²) in [6.07, 6.45) is 0. The molecule has 0 saturated carbocycles. The maximum atomic E-state index is 9.67. The van der Waals surface area contributed by atoms with Crippen molar-refractivity contribution in [2.24, 2.45) is 0 Å². The molecule has 0 bridgehead atoms. The van der Waals surface area contributed by atoms with Gasteiger partial charge in [-0.15, -0.1) is 11.3 Å². The fourth-order valence-electron chi connectivity index (χ4n) is 2.88. The zero-order chi connectivity index (χ0) is 21.1. The Hall–Kier alpha value is -3.23. The zero-order valence-electron chi connectivity index (χ0n) is 16.4. The number of nitrogens with zero attached hydrogens (tertiary/aromatic N) is 2. The molecule has 0 unspecified atom stereocenters. The molecule has 152 valence electrons. The number of hydrogen-bond acceptors (Lipinski definition) is 8. The first kappa shape index (κ1) is 20.1. The number of benzene rings is 2. The van der Waals surface area contributed by atoms with E-state index >= 15 is 0 Å². The summed E-state index contributed by atoms with van der Waals surface area (Å²) >= 11 is 2.98. The summed E-state index contributed by atoms with van der Waals surface area (Å²) in [5.74, 6) is 0.538. The van der Waals surface area contributed by atoms with Crippen LogP contribution in [0.1, 0.15) is 11.3 Å². The van der Waals surface area contributed by atoms with E-state index in [0.29, 0.717) is 0 Å². The van der Waals surface area contributed by atoms with Gasteiger partial charge in [0, 0.05) is 27.2 Å². The van der Waals surface area contributed by atoms with Crippen LogP contribution in [-0.4, -0.2) is 20.2 Å². The lowest BCUT2D eigenvalue weighted by Crippen LogP contribution is -1.94. The highest BCUT2D eigenvalue weighted by Gasteiger charge is 2.08. The molecule has 4 rings (SSSR count). The van der Waals surface area contributed by atoms with E-state index < -0.39 is 0 Å². The highest BCUT2D eigenvalue weighted by molar-refractivity contribution is 8.00. The standard InChI is InChI=1S/C22H20N4O2S2/c1-13-9-14(2)23-21(10-13)26-30-17-6-4-16(5-7-17)24-22-25-18(12-29-22)15-3-8-19(27)20(28)11-15/h3-12,27-28H,1-2H3,(H,23,26)(H,24,25). The summed E-state index contributed by atoms with van der Waals surface area (Å²) in [5.41, 5.74) is 4.57. The Morgan fingerprint density at radius 1 is 0.900 bits per heavy atom. The van der Waals surface area contributed by atoms with Gasteiger partial charge in [0.25, 0.3) is 0 Å². The molecule has 0 spiro atoms. The van der Waals surface area contributed by atoms with Gasteiger partial charge in [-0.25, -0.2) is 9.97 Å². The zero-order valence-corrected chi connectivity index (χ0v) is 18.0. The van der Waals surface area contributed by atoms with E-state index in [-0.39, 0.29) is 11.5 Å². The number of anilines is 3. The van der Waals surface area contributed by atoms with E-state index in [4.69, 9.17) is 0 Å². The first-order valence-electron chi connectivity index (χ1n) is 9.19. The van der Waals surface area contributed by atoms with Crippen LogP contribution in [0.4, 0.5) is 16.6 Å². The minimum atomic E-state index is -0.160. The Morgan fingerprint density at radius 2 is 1.70 bits per heavy atom.